The molecule has 5 heteroatoms. The normalized spacial score (nSPS) is 19.9. The molecule has 1 saturated heterocycles. The quantitative estimate of drug-likeness (QED) is 0.553. The fraction of sp³-hybridized carbons (Fsp3) is 0.429. The lowest BCUT2D eigenvalue weighted by atomic mass is 9.84. The van der Waals surface area contributed by atoms with Gasteiger partial charge >= 0.3 is 5.97 Å². The highest BCUT2D eigenvalue weighted by Gasteiger charge is 2.39. The lowest BCUT2D eigenvalue weighted by Crippen LogP contribution is -2.33. The zero-order valence-corrected chi connectivity index (χ0v) is 20.0. The number of carbonyl (C=O) groups excluding carboxylic acids is 2. The van der Waals surface area contributed by atoms with E-state index >= 15 is 0 Å². The molecular formula is C28H33NO4. The Kier molecular flexibility index (Phi) is 7.11. The second-order valence-corrected chi connectivity index (χ2v) is 9.38. The highest BCUT2D eigenvalue weighted by atomic mass is 16.7. The van der Waals surface area contributed by atoms with Crippen molar-refractivity contribution in [2.24, 2.45) is 11.8 Å². The Morgan fingerprint density at radius 2 is 1.67 bits per heavy atom. The van der Waals surface area contributed by atoms with Gasteiger partial charge < -0.3 is 9.57 Å². The van der Waals surface area contributed by atoms with Gasteiger partial charge in [0.1, 0.15) is 5.76 Å². The minimum absolute atomic E-state index is 0.107. The number of hydroxylamine groups is 2. The first-order valence-corrected chi connectivity index (χ1v) is 11.8. The van der Waals surface area contributed by atoms with Crippen LogP contribution in [0.1, 0.15) is 58.3 Å². The summed E-state index contributed by atoms with van der Waals surface area (Å²) in [6, 6.07) is 13.2. The van der Waals surface area contributed by atoms with E-state index in [1.807, 2.05) is 37.1 Å². The highest BCUT2D eigenvalue weighted by Crippen LogP contribution is 2.42. The predicted octanol–water partition coefficient (Wildman–Crippen LogP) is 5.43. The Hall–Kier alpha value is -2.76. The van der Waals surface area contributed by atoms with Crippen LogP contribution in [0.25, 0.3) is 5.57 Å². The topological polar surface area (TPSA) is 55.8 Å². The largest absolute Gasteiger partial charge is 0.427 e. The molecule has 1 aliphatic heterocycles. The zero-order valence-electron chi connectivity index (χ0n) is 20.0. The SMILES string of the molecule is CON1CCC(CC2CC(OC(=O)c3ccccc3)=C(c3c(C)cc(C)cc3C)C2=O)CC1. The monoisotopic (exact) mass is 447 g/mol. The number of ether oxygens (including phenoxy) is 1. The number of hydrogen-bond acceptors (Lipinski definition) is 5. The molecule has 2 aromatic carbocycles. The molecule has 0 amide bonds. The van der Waals surface area contributed by atoms with Gasteiger partial charge in [-0.15, -0.1) is 0 Å². The summed E-state index contributed by atoms with van der Waals surface area (Å²) in [6.45, 7) is 7.88. The summed E-state index contributed by atoms with van der Waals surface area (Å²) in [4.78, 5) is 32.0. The predicted molar refractivity (Wildman–Crippen MR) is 128 cm³/mol. The molecule has 1 aliphatic carbocycles. The number of ketones is 1. The van der Waals surface area contributed by atoms with Crippen LogP contribution in [0.5, 0.6) is 0 Å². The van der Waals surface area contributed by atoms with Crippen LogP contribution >= 0.6 is 0 Å². The molecule has 33 heavy (non-hydrogen) atoms. The number of allylic oxidation sites excluding steroid dienone is 2. The summed E-state index contributed by atoms with van der Waals surface area (Å²) < 4.78 is 5.92. The first-order valence-electron chi connectivity index (χ1n) is 11.8. The van der Waals surface area contributed by atoms with Crippen molar-refractivity contribution >= 4 is 17.3 Å². The lowest BCUT2D eigenvalue weighted by Gasteiger charge is -2.31. The Bertz CT molecular complexity index is 1040. The number of carbonyl (C=O) groups is 2. The van der Waals surface area contributed by atoms with Crippen molar-refractivity contribution in [2.45, 2.75) is 46.5 Å². The fourth-order valence-electron chi connectivity index (χ4n) is 5.36. The van der Waals surface area contributed by atoms with E-state index < -0.39 is 5.97 Å². The van der Waals surface area contributed by atoms with E-state index in [1.165, 1.54) is 0 Å². The molecule has 1 atom stereocenters. The van der Waals surface area contributed by atoms with E-state index in [1.54, 1.807) is 19.2 Å². The molecule has 0 saturated carbocycles. The second-order valence-electron chi connectivity index (χ2n) is 9.38. The molecule has 1 heterocycles. The van der Waals surface area contributed by atoms with Gasteiger partial charge in [-0.05, 0) is 74.8 Å². The van der Waals surface area contributed by atoms with Gasteiger partial charge in [-0.25, -0.2) is 4.79 Å². The van der Waals surface area contributed by atoms with Gasteiger partial charge in [0.2, 0.25) is 0 Å². The summed E-state index contributed by atoms with van der Waals surface area (Å²) in [7, 11) is 1.70. The smallest absolute Gasteiger partial charge is 0.343 e. The molecule has 0 aromatic heterocycles. The van der Waals surface area contributed by atoms with Crippen molar-refractivity contribution in [3.8, 4) is 0 Å². The molecule has 2 aliphatic rings. The third-order valence-corrected chi connectivity index (χ3v) is 6.93. The van der Waals surface area contributed by atoms with E-state index in [4.69, 9.17) is 9.57 Å². The van der Waals surface area contributed by atoms with Crippen LogP contribution in [0, 0.1) is 32.6 Å². The maximum absolute atomic E-state index is 13.7. The van der Waals surface area contributed by atoms with Crippen molar-refractivity contribution < 1.29 is 19.2 Å². The number of aryl methyl sites for hydroxylation is 3. The summed E-state index contributed by atoms with van der Waals surface area (Å²) in [5.41, 5.74) is 5.23. The molecule has 0 N–H and O–H groups in total. The van der Waals surface area contributed by atoms with E-state index in [2.05, 4.69) is 19.1 Å². The first-order chi connectivity index (χ1) is 15.9. The Balaban J connectivity index is 1.63. The summed E-state index contributed by atoms with van der Waals surface area (Å²) in [6.07, 6.45) is 3.31. The van der Waals surface area contributed by atoms with Gasteiger partial charge in [0, 0.05) is 25.4 Å². The average molecular weight is 448 g/mol. The molecule has 4 rings (SSSR count). The number of benzene rings is 2. The lowest BCUT2D eigenvalue weighted by molar-refractivity contribution is -0.149. The Morgan fingerprint density at radius 3 is 2.27 bits per heavy atom. The van der Waals surface area contributed by atoms with Crippen LogP contribution in [0.15, 0.2) is 48.2 Å². The summed E-state index contributed by atoms with van der Waals surface area (Å²) in [5, 5.41) is 1.97. The van der Waals surface area contributed by atoms with Crippen molar-refractivity contribution in [1.29, 1.82) is 0 Å². The summed E-state index contributed by atoms with van der Waals surface area (Å²) in [5.74, 6) is 0.527. The number of hydrogen-bond donors (Lipinski definition) is 0. The maximum Gasteiger partial charge on any atom is 0.343 e. The molecule has 5 nitrogen and oxygen atoms in total. The molecule has 1 unspecified atom stereocenters. The number of Topliss-reactive ketones (excluding diaryl/α,β-unsaturated/α-hetero) is 1. The van der Waals surface area contributed by atoms with E-state index in [9.17, 15) is 9.59 Å². The standard InChI is InChI=1S/C28H33NO4/c1-18-14-19(2)25(20(3)15-18)26-24(33-28(31)22-8-6-5-7-9-22)17-23(27(26)30)16-21-10-12-29(32-4)13-11-21/h5-9,14-15,21,23H,10-13,16-17H2,1-4H3. The van der Waals surface area contributed by atoms with Gasteiger partial charge in [0.25, 0.3) is 0 Å². The number of piperidine rings is 1. The van der Waals surface area contributed by atoms with Crippen molar-refractivity contribution in [1.82, 2.24) is 5.06 Å². The van der Waals surface area contributed by atoms with Crippen molar-refractivity contribution in [2.75, 3.05) is 20.2 Å². The van der Waals surface area contributed by atoms with Gasteiger partial charge in [0.15, 0.2) is 5.78 Å². The molecule has 1 fully saturated rings. The van der Waals surface area contributed by atoms with E-state index in [0.717, 1.165) is 54.6 Å². The fourth-order valence-corrected chi connectivity index (χ4v) is 5.36. The maximum atomic E-state index is 13.7. The van der Waals surface area contributed by atoms with E-state index in [-0.39, 0.29) is 11.7 Å². The minimum Gasteiger partial charge on any atom is -0.427 e. The minimum atomic E-state index is -0.410. The van der Waals surface area contributed by atoms with Crippen LogP contribution in [-0.4, -0.2) is 37.0 Å². The van der Waals surface area contributed by atoms with Crippen LogP contribution < -0.4 is 0 Å². The number of nitrogens with zero attached hydrogens (tertiary/aromatic N) is 1. The van der Waals surface area contributed by atoms with Crippen molar-refractivity contribution in [3.63, 3.8) is 0 Å². The Morgan fingerprint density at radius 1 is 1.03 bits per heavy atom. The van der Waals surface area contributed by atoms with Crippen LogP contribution in [-0.2, 0) is 14.4 Å². The van der Waals surface area contributed by atoms with Gasteiger partial charge in [0.05, 0.1) is 18.2 Å². The van der Waals surface area contributed by atoms with Gasteiger partial charge in [-0.2, -0.15) is 5.06 Å². The third kappa shape index (κ3) is 5.10. The molecule has 0 bridgehead atoms. The van der Waals surface area contributed by atoms with Crippen LogP contribution in [0.4, 0.5) is 0 Å². The van der Waals surface area contributed by atoms with Crippen LogP contribution in [0.3, 0.4) is 0 Å². The van der Waals surface area contributed by atoms with Gasteiger partial charge in [-0.3, -0.25) is 4.79 Å². The van der Waals surface area contributed by atoms with Gasteiger partial charge in [-0.1, -0.05) is 35.9 Å². The Labute approximate surface area is 196 Å². The molecular weight excluding hydrogens is 414 g/mol. The molecule has 2 aromatic rings. The molecule has 0 spiro atoms. The van der Waals surface area contributed by atoms with E-state index in [0.29, 0.717) is 29.2 Å². The number of esters is 1. The van der Waals surface area contributed by atoms with Crippen LogP contribution in [0.2, 0.25) is 0 Å². The second kappa shape index (κ2) is 10.0. The third-order valence-electron chi connectivity index (χ3n) is 6.93. The zero-order chi connectivity index (χ0) is 23.5. The average Bonchev–Trinajstić information content (AvgIpc) is 3.09. The molecule has 174 valence electrons. The summed E-state index contributed by atoms with van der Waals surface area (Å²) >= 11 is 0. The van der Waals surface area contributed by atoms with Crippen molar-refractivity contribution in [3.05, 3.63) is 76.0 Å². The highest BCUT2D eigenvalue weighted by molar-refractivity contribution is 6.25. The number of rotatable bonds is 6. The first kappa shape index (κ1) is 23.4. The molecule has 0 radical (unpaired) electrons.